The van der Waals surface area contributed by atoms with E-state index in [1.54, 1.807) is 60.7 Å². The first-order valence-corrected chi connectivity index (χ1v) is 12.6. The van der Waals surface area contributed by atoms with E-state index < -0.39 is 24.1 Å². The van der Waals surface area contributed by atoms with E-state index in [-0.39, 0.29) is 22.6 Å². The number of halogens is 2. The highest BCUT2D eigenvalue weighted by atomic mass is 35.5. The molecule has 0 radical (unpaired) electrons. The number of benzene rings is 4. The average molecular weight is 574 g/mol. The zero-order chi connectivity index (χ0) is 28.5. The van der Waals surface area contributed by atoms with E-state index in [0.29, 0.717) is 21.4 Å². The Labute approximate surface area is 239 Å². The van der Waals surface area contributed by atoms with Gasteiger partial charge in [-0.1, -0.05) is 53.5 Å². The summed E-state index contributed by atoms with van der Waals surface area (Å²) in [6, 6.07) is 25.7. The molecule has 0 saturated heterocycles. The van der Waals surface area contributed by atoms with Crippen LogP contribution < -0.4 is 10.3 Å². The molecule has 3 amide bonds. The Bertz CT molecular complexity index is 1590. The highest BCUT2D eigenvalue weighted by Crippen LogP contribution is 2.28. The number of rotatable bonds is 8. The van der Waals surface area contributed by atoms with Gasteiger partial charge >= 0.3 is 0 Å². The van der Waals surface area contributed by atoms with Gasteiger partial charge in [-0.25, -0.2) is 10.3 Å². The van der Waals surface area contributed by atoms with Crippen molar-refractivity contribution in [2.24, 2.45) is 15.3 Å². The van der Waals surface area contributed by atoms with Crippen LogP contribution >= 0.6 is 23.2 Å². The van der Waals surface area contributed by atoms with Crippen molar-refractivity contribution in [3.05, 3.63) is 118 Å². The Morgan fingerprint density at radius 2 is 1.55 bits per heavy atom. The Morgan fingerprint density at radius 3 is 2.27 bits per heavy atom. The molecule has 200 valence electrons. The maximum atomic E-state index is 13.1. The number of nitrogens with one attached hydrogen (secondary N) is 1. The van der Waals surface area contributed by atoms with Gasteiger partial charge < -0.3 is 5.11 Å². The summed E-state index contributed by atoms with van der Waals surface area (Å²) in [5.74, 6) is -2.26. The minimum Gasteiger partial charge on any atom is -0.507 e. The average Bonchev–Trinajstić information content (AvgIpc) is 2.95. The van der Waals surface area contributed by atoms with Crippen LogP contribution in [0.15, 0.2) is 112 Å². The number of phenols is 1. The van der Waals surface area contributed by atoms with Gasteiger partial charge in [-0.15, -0.1) is 5.11 Å². The molecule has 4 rings (SSSR count). The van der Waals surface area contributed by atoms with Crippen molar-refractivity contribution in [1.82, 2.24) is 5.43 Å². The van der Waals surface area contributed by atoms with Crippen LogP contribution in [-0.2, 0) is 9.59 Å². The summed E-state index contributed by atoms with van der Waals surface area (Å²) >= 11 is 12.0. The second-order valence-electron chi connectivity index (χ2n) is 8.24. The third-order valence-corrected chi connectivity index (χ3v) is 5.97. The molecule has 0 heterocycles. The number of azo groups is 1. The van der Waals surface area contributed by atoms with Gasteiger partial charge in [0.05, 0.1) is 22.6 Å². The first-order chi connectivity index (χ1) is 19.3. The Hall–Kier alpha value is -4.86. The predicted octanol–water partition coefficient (Wildman–Crippen LogP) is 6.83. The molecule has 0 aliphatic heterocycles. The molecule has 0 spiro atoms. The highest BCUT2D eigenvalue weighted by Gasteiger charge is 2.26. The van der Waals surface area contributed by atoms with Crippen LogP contribution in [0, 0.1) is 0 Å². The Morgan fingerprint density at radius 1 is 0.850 bits per heavy atom. The van der Waals surface area contributed by atoms with Crippen LogP contribution in [0.25, 0.3) is 0 Å². The van der Waals surface area contributed by atoms with Crippen molar-refractivity contribution >= 4 is 64.2 Å². The Balaban J connectivity index is 1.44. The molecule has 0 saturated carbocycles. The maximum Gasteiger partial charge on any atom is 0.265 e. The summed E-state index contributed by atoms with van der Waals surface area (Å²) in [6.07, 6.45) is 0.523. The standard InChI is InChI=1S/C29H21Cl2N5O4/c30-21-10-13-23(14-11-21)36(29(40)19-6-2-1-3-7-19)28(39)17-27(38)35-32-18-20-16-22(12-15-26(20)37)33-34-25-9-5-4-8-24(25)31/h1-16,18,37H,17H2,(H,35,38). The molecular weight excluding hydrogens is 553 g/mol. The summed E-state index contributed by atoms with van der Waals surface area (Å²) in [4.78, 5) is 39.7. The lowest BCUT2D eigenvalue weighted by atomic mass is 10.1. The number of hydrazone groups is 1. The van der Waals surface area contributed by atoms with Crippen LogP contribution in [0.4, 0.5) is 17.1 Å². The van der Waals surface area contributed by atoms with E-state index in [9.17, 15) is 19.5 Å². The van der Waals surface area contributed by atoms with Crippen molar-refractivity contribution in [3.8, 4) is 5.75 Å². The van der Waals surface area contributed by atoms with Gasteiger partial charge in [0, 0.05) is 16.1 Å². The molecule has 0 fully saturated rings. The van der Waals surface area contributed by atoms with Crippen LogP contribution in [0.1, 0.15) is 22.3 Å². The topological polar surface area (TPSA) is 124 Å². The molecule has 2 N–H and O–H groups in total. The number of hydrogen-bond donors (Lipinski definition) is 2. The minimum absolute atomic E-state index is 0.117. The number of anilines is 1. The lowest BCUT2D eigenvalue weighted by molar-refractivity contribution is -0.127. The third kappa shape index (κ3) is 7.37. The molecule has 0 aliphatic carbocycles. The van der Waals surface area contributed by atoms with E-state index in [1.807, 2.05) is 0 Å². The van der Waals surface area contributed by atoms with E-state index in [4.69, 9.17) is 23.2 Å². The first-order valence-electron chi connectivity index (χ1n) is 11.8. The van der Waals surface area contributed by atoms with E-state index >= 15 is 0 Å². The lowest BCUT2D eigenvalue weighted by Gasteiger charge is -2.21. The van der Waals surface area contributed by atoms with E-state index in [1.165, 1.54) is 42.6 Å². The SMILES string of the molecule is O=C(CC(=O)N(C(=O)c1ccccc1)c1ccc(Cl)cc1)NN=Cc1cc(N=Nc2ccccc2Cl)ccc1O. The predicted molar refractivity (Wildman–Crippen MR) is 154 cm³/mol. The number of phenolic OH excluding ortho intramolecular Hbond substituents is 1. The summed E-state index contributed by atoms with van der Waals surface area (Å²) < 4.78 is 0. The summed E-state index contributed by atoms with van der Waals surface area (Å²) in [5.41, 5.74) is 3.88. The minimum atomic E-state index is -0.770. The molecule has 0 aliphatic rings. The number of imide groups is 1. The highest BCUT2D eigenvalue weighted by molar-refractivity contribution is 6.33. The molecule has 9 nitrogen and oxygen atoms in total. The van der Waals surface area contributed by atoms with Gasteiger partial charge in [-0.3, -0.25) is 14.4 Å². The van der Waals surface area contributed by atoms with Crippen molar-refractivity contribution in [1.29, 1.82) is 0 Å². The molecule has 0 atom stereocenters. The Kier molecular flexibility index (Phi) is 9.35. The quantitative estimate of drug-likeness (QED) is 0.104. The fourth-order valence-electron chi connectivity index (χ4n) is 3.46. The van der Waals surface area contributed by atoms with E-state index in [2.05, 4.69) is 20.8 Å². The number of nitrogens with zero attached hydrogens (tertiary/aromatic N) is 4. The van der Waals surface area contributed by atoms with Crippen molar-refractivity contribution < 1.29 is 19.5 Å². The van der Waals surface area contributed by atoms with Crippen LogP contribution in [0.5, 0.6) is 5.75 Å². The molecule has 0 bridgehead atoms. The zero-order valence-corrected chi connectivity index (χ0v) is 22.3. The van der Waals surface area contributed by atoms with Crippen LogP contribution in [-0.4, -0.2) is 29.0 Å². The van der Waals surface area contributed by atoms with Gasteiger partial charge in [0.2, 0.25) is 11.8 Å². The van der Waals surface area contributed by atoms with Gasteiger partial charge in [0.15, 0.2) is 0 Å². The van der Waals surface area contributed by atoms with Gasteiger partial charge in [-0.05, 0) is 66.7 Å². The molecule has 11 heteroatoms. The molecule has 40 heavy (non-hydrogen) atoms. The molecule has 0 aromatic heterocycles. The fourth-order valence-corrected chi connectivity index (χ4v) is 3.76. The lowest BCUT2D eigenvalue weighted by Crippen LogP contribution is -2.39. The monoisotopic (exact) mass is 573 g/mol. The second kappa shape index (κ2) is 13.3. The van der Waals surface area contributed by atoms with E-state index in [0.717, 1.165) is 4.90 Å². The second-order valence-corrected chi connectivity index (χ2v) is 9.08. The molecule has 0 unspecified atom stereocenters. The molecular formula is C29H21Cl2N5O4. The summed E-state index contributed by atoms with van der Waals surface area (Å²) in [7, 11) is 0. The number of amides is 3. The number of hydrogen-bond acceptors (Lipinski definition) is 7. The molecule has 4 aromatic carbocycles. The fraction of sp³-hybridized carbons (Fsp3) is 0.0345. The summed E-state index contributed by atoms with van der Waals surface area (Å²) in [5, 5.41) is 23.0. The third-order valence-electron chi connectivity index (χ3n) is 5.40. The maximum absolute atomic E-state index is 13.1. The van der Waals surface area contributed by atoms with Gasteiger partial charge in [-0.2, -0.15) is 10.2 Å². The summed E-state index contributed by atoms with van der Waals surface area (Å²) in [6.45, 7) is 0. The largest absolute Gasteiger partial charge is 0.507 e. The van der Waals surface area contributed by atoms with Crippen molar-refractivity contribution in [2.45, 2.75) is 6.42 Å². The van der Waals surface area contributed by atoms with Crippen molar-refractivity contribution in [2.75, 3.05) is 4.90 Å². The van der Waals surface area contributed by atoms with Crippen molar-refractivity contribution in [3.63, 3.8) is 0 Å². The number of carbonyl (C=O) groups is 3. The van der Waals surface area contributed by atoms with Gasteiger partial charge in [0.1, 0.15) is 17.9 Å². The zero-order valence-electron chi connectivity index (χ0n) is 20.7. The molecule has 4 aromatic rings. The van der Waals surface area contributed by atoms with Crippen LogP contribution in [0.2, 0.25) is 10.0 Å². The number of aromatic hydroxyl groups is 1. The first kappa shape index (κ1) is 28.2. The smallest absolute Gasteiger partial charge is 0.265 e. The normalized spacial score (nSPS) is 11.1. The van der Waals surface area contributed by atoms with Crippen LogP contribution in [0.3, 0.4) is 0 Å². The number of carbonyl (C=O) groups excluding carboxylic acids is 3. The van der Waals surface area contributed by atoms with Gasteiger partial charge in [0.25, 0.3) is 5.91 Å².